The van der Waals surface area contributed by atoms with E-state index in [1.807, 2.05) is 13.8 Å². The maximum absolute atomic E-state index is 13.2. The van der Waals surface area contributed by atoms with Gasteiger partial charge in [-0.3, -0.25) is 20.0 Å². The van der Waals surface area contributed by atoms with E-state index in [2.05, 4.69) is 60.5 Å². The van der Waals surface area contributed by atoms with Crippen LogP contribution < -0.4 is 26.1 Å². The number of carbonyl (C=O) groups excluding carboxylic acids is 1. The van der Waals surface area contributed by atoms with Gasteiger partial charge in [0.1, 0.15) is 11.1 Å². The van der Waals surface area contributed by atoms with Gasteiger partial charge in [0.2, 0.25) is 17.4 Å². The van der Waals surface area contributed by atoms with Gasteiger partial charge in [0.25, 0.3) is 0 Å². The molecule has 1 fully saturated rings. The fraction of sp³-hybridized carbons (Fsp3) is 0.406. The van der Waals surface area contributed by atoms with Gasteiger partial charge in [-0.05, 0) is 118 Å². The molecule has 11 nitrogen and oxygen atoms in total. The van der Waals surface area contributed by atoms with Gasteiger partial charge in [-0.15, -0.1) is 0 Å². The number of amides is 1. The highest BCUT2D eigenvalue weighted by Gasteiger charge is 2.27. The summed E-state index contributed by atoms with van der Waals surface area (Å²) in [5.41, 5.74) is 9.63. The van der Waals surface area contributed by atoms with Gasteiger partial charge in [0.15, 0.2) is 15.6 Å². The molecular weight excluding hydrogens is 658 g/mol. The highest BCUT2D eigenvalue weighted by atomic mass is 79.9. The number of piperidine rings is 1. The molecule has 4 aromatic rings. The van der Waals surface area contributed by atoms with E-state index in [0.717, 1.165) is 47.0 Å². The number of nitrogens with one attached hydrogen (secondary N) is 4. The number of para-hydroxylation sites is 1. The number of hydrogen-bond acceptors (Lipinski definition) is 8. The van der Waals surface area contributed by atoms with Crippen LogP contribution in [0.15, 0.2) is 52.0 Å². The van der Waals surface area contributed by atoms with Gasteiger partial charge in [-0.2, -0.15) is 0 Å². The maximum Gasteiger partial charge on any atom is 0.351 e. The monoisotopic (exact) mass is 698 g/mol. The molecule has 0 unspecified atom stereocenters. The Bertz CT molecular complexity index is 1820. The van der Waals surface area contributed by atoms with Crippen LogP contribution in [0, 0.1) is 6.92 Å². The molecule has 2 aromatic carbocycles. The number of halogens is 1. The fourth-order valence-electron chi connectivity index (χ4n) is 5.74. The van der Waals surface area contributed by atoms with Crippen molar-refractivity contribution in [3.63, 3.8) is 0 Å². The summed E-state index contributed by atoms with van der Waals surface area (Å²) in [7, 11) is -3.55. The zero-order valence-corrected chi connectivity index (χ0v) is 28.6. The lowest BCUT2D eigenvalue weighted by Gasteiger charge is -2.32. The van der Waals surface area contributed by atoms with Crippen molar-refractivity contribution in [3.8, 4) is 5.75 Å². The third-order valence-corrected chi connectivity index (χ3v) is 10.8. The van der Waals surface area contributed by atoms with Crippen molar-refractivity contribution in [1.29, 1.82) is 0 Å². The Kier molecular flexibility index (Phi) is 9.71. The Labute approximate surface area is 272 Å². The van der Waals surface area contributed by atoms with Gasteiger partial charge in [0, 0.05) is 0 Å². The van der Waals surface area contributed by atoms with E-state index in [1.165, 1.54) is 5.56 Å². The molecule has 1 aliphatic rings. The van der Waals surface area contributed by atoms with E-state index in [9.17, 15) is 13.2 Å². The smallest absolute Gasteiger partial charge is 0.351 e. The number of rotatable bonds is 11. The largest absolute Gasteiger partial charge is 0.488 e. The van der Waals surface area contributed by atoms with E-state index >= 15 is 0 Å². The zero-order chi connectivity index (χ0) is 32.5. The molecule has 0 aliphatic carbocycles. The Balaban J connectivity index is 1.50. The number of benzene rings is 2. The molecule has 2 aromatic heterocycles. The van der Waals surface area contributed by atoms with E-state index in [1.54, 1.807) is 44.3 Å². The number of nitrogens with two attached hydrogens (primary N) is 1. The average Bonchev–Trinajstić information content (AvgIpc) is 3.35. The molecule has 3 heterocycles. The highest BCUT2D eigenvalue weighted by molar-refractivity contribution is 9.10. The molecule has 0 radical (unpaired) electrons. The van der Waals surface area contributed by atoms with Gasteiger partial charge in [-0.1, -0.05) is 17.1 Å². The van der Waals surface area contributed by atoms with Crippen LogP contribution >= 0.6 is 15.9 Å². The van der Waals surface area contributed by atoms with Crippen molar-refractivity contribution < 1.29 is 22.9 Å². The number of anilines is 4. The van der Waals surface area contributed by atoms with Crippen LogP contribution in [0.25, 0.3) is 11.0 Å². The number of hydrogen-bond donors (Lipinski definition) is 4. The minimum atomic E-state index is -3.55. The lowest BCUT2D eigenvalue weighted by atomic mass is 9.86. The van der Waals surface area contributed by atoms with Crippen molar-refractivity contribution in [1.82, 2.24) is 14.9 Å². The third-order valence-electron chi connectivity index (χ3n) is 7.99. The van der Waals surface area contributed by atoms with Crippen LogP contribution in [0.2, 0.25) is 0 Å². The molecule has 1 amide bonds. The number of aromatic nitrogens is 3. The number of carbonyl (C=O) groups is 1. The predicted octanol–water partition coefficient (Wildman–Crippen LogP) is 5.57. The van der Waals surface area contributed by atoms with Crippen LogP contribution in [0.4, 0.5) is 23.1 Å². The van der Waals surface area contributed by atoms with Gasteiger partial charge in [0.05, 0.1) is 39.2 Å². The summed E-state index contributed by atoms with van der Waals surface area (Å²) in [6, 6.07) is 11.0. The minimum absolute atomic E-state index is 0.0612. The minimum Gasteiger partial charge on any atom is -0.488 e. The summed E-state index contributed by atoms with van der Waals surface area (Å²) in [6.45, 7) is 11.3. The van der Waals surface area contributed by atoms with Crippen molar-refractivity contribution in [3.05, 3.63) is 58.2 Å². The average molecular weight is 700 g/mol. The molecule has 5 rings (SSSR count). The second kappa shape index (κ2) is 13.4. The summed E-state index contributed by atoms with van der Waals surface area (Å²) in [6.07, 6.45) is 3.60. The molecule has 0 atom stereocenters. The van der Waals surface area contributed by atoms with Crippen LogP contribution in [0.3, 0.4) is 0 Å². The summed E-state index contributed by atoms with van der Waals surface area (Å²) in [5, 5.41) is 6.87. The Hall–Kier alpha value is -3.68. The van der Waals surface area contributed by atoms with Gasteiger partial charge in [-0.25, -0.2) is 13.4 Å². The quantitative estimate of drug-likeness (QED) is 0.158. The summed E-state index contributed by atoms with van der Waals surface area (Å²) < 4.78 is 33.4. The molecule has 0 bridgehead atoms. The van der Waals surface area contributed by atoms with Crippen LogP contribution in [-0.4, -0.2) is 60.2 Å². The summed E-state index contributed by atoms with van der Waals surface area (Å²) in [4.78, 5) is 25.1. The second-order valence-corrected chi connectivity index (χ2v) is 15.4. The van der Waals surface area contributed by atoms with Crippen molar-refractivity contribution >= 4 is 65.8 Å². The van der Waals surface area contributed by atoms with E-state index in [-0.39, 0.29) is 23.5 Å². The molecule has 0 spiro atoms. The number of aromatic amines is 2. The first-order chi connectivity index (χ1) is 21.3. The molecule has 0 saturated carbocycles. The molecule has 13 heteroatoms. The standard InChI is InChI=1S/C32H40BrN7O4S/c1-18(2)44-26-15-22(21-10-12-40(13-11-21)17-28(34)41)20(5)14-25(26)37-32-38-30-29(23(33)16-35-30)31(39-32)36-24-8-6-7-9-27(24)45(42,43)19(3)4/h6-9,14-16,18-19,21H,10-13,17H2,1-5H3,(H2,34,41)(H3,35,36,37,38,39)/p+1. The van der Waals surface area contributed by atoms with Gasteiger partial charge >= 0.3 is 5.95 Å². The number of sulfone groups is 1. The fourth-order valence-corrected chi connectivity index (χ4v) is 7.44. The number of ether oxygens (including phenoxy) is 1. The molecule has 6 N–H and O–H groups in total. The molecule has 1 saturated heterocycles. The number of H-pyrrole nitrogens is 2. The zero-order valence-electron chi connectivity index (χ0n) is 26.2. The lowest BCUT2D eigenvalue weighted by Crippen LogP contribution is -2.39. The normalized spacial score (nSPS) is 14.8. The Morgan fingerprint density at radius 3 is 2.53 bits per heavy atom. The van der Waals surface area contributed by atoms with E-state index in [0.29, 0.717) is 34.8 Å². The predicted molar refractivity (Wildman–Crippen MR) is 180 cm³/mol. The first-order valence-corrected chi connectivity index (χ1v) is 17.5. The van der Waals surface area contributed by atoms with Crippen molar-refractivity contribution in [2.24, 2.45) is 5.73 Å². The summed E-state index contributed by atoms with van der Waals surface area (Å²) in [5.74, 6) is 1.65. The maximum atomic E-state index is 13.2. The number of aryl methyl sites for hydroxylation is 1. The molecule has 45 heavy (non-hydrogen) atoms. The first kappa shape index (κ1) is 32.7. The number of primary amides is 1. The number of likely N-dealkylation sites (tertiary alicyclic amines) is 1. The highest BCUT2D eigenvalue weighted by Crippen LogP contribution is 2.39. The third kappa shape index (κ3) is 7.26. The molecule has 1 aliphatic heterocycles. The topological polar surface area (TPSA) is 157 Å². The SMILES string of the molecule is Cc1cc(Nc2nc(Nc3ccccc3S(=O)(=O)C(C)C)c3c(Br)c[nH]c3[nH+]2)c(OC(C)C)cc1C1CCN(CC(N)=O)CC1. The second-order valence-electron chi connectivity index (χ2n) is 12.0. The van der Waals surface area contributed by atoms with Gasteiger partial charge < -0.3 is 15.8 Å². The van der Waals surface area contributed by atoms with Crippen molar-refractivity contribution in [2.75, 3.05) is 30.3 Å². The van der Waals surface area contributed by atoms with Crippen molar-refractivity contribution in [2.45, 2.75) is 69.6 Å². The molecule has 240 valence electrons. The Morgan fingerprint density at radius 2 is 1.87 bits per heavy atom. The summed E-state index contributed by atoms with van der Waals surface area (Å²) >= 11 is 3.60. The van der Waals surface area contributed by atoms with Crippen LogP contribution in [-0.2, 0) is 14.6 Å². The number of nitrogens with zero attached hydrogens (tertiary/aromatic N) is 2. The number of fused-ring (bicyclic) bond motifs is 1. The molecular formula is C32H41BrN7O4S+. The van der Waals surface area contributed by atoms with E-state index in [4.69, 9.17) is 15.5 Å². The van der Waals surface area contributed by atoms with Crippen LogP contribution in [0.5, 0.6) is 5.75 Å². The lowest BCUT2D eigenvalue weighted by molar-refractivity contribution is -0.333. The van der Waals surface area contributed by atoms with Crippen LogP contribution in [0.1, 0.15) is 57.6 Å². The first-order valence-electron chi connectivity index (χ1n) is 15.1. The Morgan fingerprint density at radius 1 is 1.16 bits per heavy atom. The van der Waals surface area contributed by atoms with E-state index < -0.39 is 15.1 Å².